The highest BCUT2D eigenvalue weighted by molar-refractivity contribution is 9.10. The zero-order valence-corrected chi connectivity index (χ0v) is 16.8. The Balaban J connectivity index is 2.07. The van der Waals surface area contributed by atoms with Crippen LogP contribution in [0.3, 0.4) is 0 Å². The van der Waals surface area contributed by atoms with Gasteiger partial charge in [0.2, 0.25) is 5.75 Å². The molecule has 0 radical (unpaired) electrons. The normalized spacial score (nSPS) is 10.9. The van der Waals surface area contributed by atoms with Gasteiger partial charge in [-0.15, -0.1) is 0 Å². The molecule has 8 nitrogen and oxygen atoms in total. The van der Waals surface area contributed by atoms with Crippen molar-refractivity contribution in [1.82, 2.24) is 0 Å². The number of nitrogens with zero attached hydrogens (tertiary/aromatic N) is 3. The summed E-state index contributed by atoms with van der Waals surface area (Å²) in [7, 11) is 0. The van der Waals surface area contributed by atoms with Gasteiger partial charge in [0.25, 0.3) is 5.69 Å². The Labute approximate surface area is 179 Å². The van der Waals surface area contributed by atoms with Crippen LogP contribution in [0.2, 0.25) is 0 Å². The van der Waals surface area contributed by atoms with Crippen molar-refractivity contribution in [2.24, 2.45) is 0 Å². The van der Waals surface area contributed by atoms with Crippen LogP contribution in [-0.4, -0.2) is 9.85 Å². The van der Waals surface area contributed by atoms with Gasteiger partial charge in [0.05, 0.1) is 27.6 Å². The molecule has 0 saturated carbocycles. The molecule has 0 saturated heterocycles. The number of hydrogen-bond acceptors (Lipinski definition) is 6. The summed E-state index contributed by atoms with van der Waals surface area (Å²) in [6.07, 6.45) is 1.60. The van der Waals surface area contributed by atoms with E-state index in [1.165, 1.54) is 6.07 Å². The predicted molar refractivity (Wildman–Crippen MR) is 114 cm³/mol. The standard InChI is InChI=1S/C21H12BrN3O5/c22-17-6-8-20(15(11-17)10-16(13-23)14-4-2-1-3-5-14)30-21-9-7-18(24(26)27)12-19(21)25(28)29/h1-12H/b16-10+. The molecule has 0 aliphatic heterocycles. The number of nitriles is 1. The highest BCUT2D eigenvalue weighted by Gasteiger charge is 2.22. The number of nitro benzene ring substituents is 2. The molecule has 0 bridgehead atoms. The summed E-state index contributed by atoms with van der Waals surface area (Å²) in [4.78, 5) is 20.8. The Morgan fingerprint density at radius 3 is 2.30 bits per heavy atom. The van der Waals surface area contributed by atoms with E-state index in [0.717, 1.165) is 12.1 Å². The first-order chi connectivity index (χ1) is 14.4. The molecule has 0 spiro atoms. The van der Waals surface area contributed by atoms with Crippen molar-refractivity contribution >= 4 is 39.0 Å². The van der Waals surface area contributed by atoms with Gasteiger partial charge in [0, 0.05) is 16.1 Å². The monoisotopic (exact) mass is 465 g/mol. The van der Waals surface area contributed by atoms with Crippen molar-refractivity contribution in [1.29, 1.82) is 5.26 Å². The fourth-order valence-corrected chi connectivity index (χ4v) is 3.02. The summed E-state index contributed by atoms with van der Waals surface area (Å²) < 4.78 is 6.45. The van der Waals surface area contributed by atoms with Crippen LogP contribution in [0.5, 0.6) is 11.5 Å². The molecule has 0 aromatic heterocycles. The topological polar surface area (TPSA) is 119 Å². The maximum Gasteiger partial charge on any atom is 0.318 e. The molecule has 3 aromatic carbocycles. The first kappa shape index (κ1) is 20.7. The van der Waals surface area contributed by atoms with Crippen LogP contribution in [0, 0.1) is 31.6 Å². The number of rotatable bonds is 6. The molecule has 0 aliphatic rings. The molecule has 0 N–H and O–H groups in total. The molecule has 3 rings (SSSR count). The van der Waals surface area contributed by atoms with E-state index in [4.69, 9.17) is 4.74 Å². The Hall–Kier alpha value is -4.03. The Morgan fingerprint density at radius 2 is 1.67 bits per heavy atom. The highest BCUT2D eigenvalue weighted by atomic mass is 79.9. The van der Waals surface area contributed by atoms with Crippen LogP contribution < -0.4 is 4.74 Å². The maximum absolute atomic E-state index is 11.4. The van der Waals surface area contributed by atoms with Gasteiger partial charge in [0.1, 0.15) is 5.75 Å². The Kier molecular flexibility index (Phi) is 6.20. The summed E-state index contributed by atoms with van der Waals surface area (Å²) >= 11 is 3.36. The number of benzene rings is 3. The van der Waals surface area contributed by atoms with E-state index in [9.17, 15) is 25.5 Å². The van der Waals surface area contributed by atoms with Gasteiger partial charge in [-0.3, -0.25) is 20.2 Å². The third kappa shape index (κ3) is 4.68. The molecule has 0 aliphatic carbocycles. The number of non-ortho nitro benzene ring substituents is 1. The van der Waals surface area contributed by atoms with Crippen molar-refractivity contribution in [3.05, 3.63) is 103 Å². The molecule has 9 heteroatoms. The lowest BCUT2D eigenvalue weighted by Crippen LogP contribution is -1.97. The van der Waals surface area contributed by atoms with E-state index in [-0.39, 0.29) is 11.5 Å². The summed E-state index contributed by atoms with van der Waals surface area (Å²) in [6, 6.07) is 19.3. The molecular formula is C21H12BrN3O5. The first-order valence-electron chi connectivity index (χ1n) is 8.46. The van der Waals surface area contributed by atoms with Gasteiger partial charge in [0.15, 0.2) is 0 Å². The number of halogens is 1. The minimum atomic E-state index is -0.749. The second-order valence-electron chi connectivity index (χ2n) is 5.99. The molecule has 0 heterocycles. The molecule has 0 fully saturated rings. The quantitative estimate of drug-likeness (QED) is 0.187. The van der Waals surface area contributed by atoms with E-state index >= 15 is 0 Å². The lowest BCUT2D eigenvalue weighted by atomic mass is 10.0. The molecule has 0 amide bonds. The number of ether oxygens (including phenoxy) is 1. The number of hydrogen-bond donors (Lipinski definition) is 0. The molecule has 0 unspecified atom stereocenters. The van der Waals surface area contributed by atoms with Gasteiger partial charge in [-0.25, -0.2) is 0 Å². The van der Waals surface area contributed by atoms with Crippen LogP contribution in [0.15, 0.2) is 71.2 Å². The molecule has 148 valence electrons. The average molecular weight is 466 g/mol. The summed E-state index contributed by atoms with van der Waals surface area (Å²) in [5, 5.41) is 31.9. The SMILES string of the molecule is N#C/C(=C\c1cc(Br)ccc1Oc1ccc([N+](=O)[O-])cc1[N+](=O)[O-])c1ccccc1. The van der Waals surface area contributed by atoms with E-state index in [1.54, 1.807) is 48.5 Å². The smallest absolute Gasteiger partial charge is 0.318 e. The van der Waals surface area contributed by atoms with Gasteiger partial charge in [-0.05, 0) is 35.9 Å². The van der Waals surface area contributed by atoms with Crippen molar-refractivity contribution < 1.29 is 14.6 Å². The third-order valence-electron chi connectivity index (χ3n) is 4.05. The Bertz CT molecular complexity index is 1200. The lowest BCUT2D eigenvalue weighted by molar-refractivity contribution is -0.394. The van der Waals surface area contributed by atoms with E-state index in [0.29, 0.717) is 21.2 Å². The predicted octanol–water partition coefficient (Wildman–Crippen LogP) is 6.12. The minimum Gasteiger partial charge on any atom is -0.449 e. The number of nitro groups is 2. The summed E-state index contributed by atoms with van der Waals surface area (Å²) in [6.45, 7) is 0. The summed E-state index contributed by atoms with van der Waals surface area (Å²) in [5.41, 5.74) is 0.618. The van der Waals surface area contributed by atoms with Gasteiger partial charge in [-0.1, -0.05) is 46.3 Å². The van der Waals surface area contributed by atoms with Crippen molar-refractivity contribution in [2.45, 2.75) is 0 Å². The van der Waals surface area contributed by atoms with Crippen LogP contribution in [0.25, 0.3) is 11.6 Å². The molecule has 3 aromatic rings. The highest BCUT2D eigenvalue weighted by Crippen LogP contribution is 2.37. The molecule has 30 heavy (non-hydrogen) atoms. The maximum atomic E-state index is 11.4. The third-order valence-corrected chi connectivity index (χ3v) is 4.54. The second kappa shape index (κ2) is 8.98. The van der Waals surface area contributed by atoms with Crippen molar-refractivity contribution in [2.75, 3.05) is 0 Å². The minimum absolute atomic E-state index is 0.152. The van der Waals surface area contributed by atoms with Crippen molar-refractivity contribution in [3.63, 3.8) is 0 Å². The summed E-state index contributed by atoms with van der Waals surface area (Å²) in [5.74, 6) is 0.0969. The second-order valence-corrected chi connectivity index (χ2v) is 6.90. The van der Waals surface area contributed by atoms with Crippen molar-refractivity contribution in [3.8, 4) is 17.6 Å². The fourth-order valence-electron chi connectivity index (χ4n) is 2.65. The van der Waals surface area contributed by atoms with Gasteiger partial charge >= 0.3 is 5.69 Å². The van der Waals surface area contributed by atoms with Crippen LogP contribution >= 0.6 is 15.9 Å². The largest absolute Gasteiger partial charge is 0.449 e. The molecular weight excluding hydrogens is 454 g/mol. The van der Waals surface area contributed by atoms with E-state index < -0.39 is 21.2 Å². The zero-order chi connectivity index (χ0) is 21.7. The van der Waals surface area contributed by atoms with Crippen LogP contribution in [0.4, 0.5) is 11.4 Å². The average Bonchev–Trinajstić information content (AvgIpc) is 2.74. The molecule has 0 atom stereocenters. The number of allylic oxidation sites excluding steroid dienone is 1. The van der Waals surface area contributed by atoms with E-state index in [2.05, 4.69) is 22.0 Å². The van der Waals surface area contributed by atoms with E-state index in [1.807, 2.05) is 6.07 Å². The Morgan fingerprint density at radius 1 is 0.967 bits per heavy atom. The first-order valence-corrected chi connectivity index (χ1v) is 9.26. The zero-order valence-electron chi connectivity index (χ0n) is 15.2. The van der Waals surface area contributed by atoms with Gasteiger partial charge in [-0.2, -0.15) is 5.26 Å². The van der Waals surface area contributed by atoms with Crippen LogP contribution in [-0.2, 0) is 0 Å². The van der Waals surface area contributed by atoms with Gasteiger partial charge < -0.3 is 4.74 Å². The van der Waals surface area contributed by atoms with Crippen LogP contribution in [0.1, 0.15) is 11.1 Å². The fraction of sp³-hybridized carbons (Fsp3) is 0. The lowest BCUT2D eigenvalue weighted by Gasteiger charge is -2.10.